The van der Waals surface area contributed by atoms with Gasteiger partial charge in [0.25, 0.3) is 0 Å². The highest BCUT2D eigenvalue weighted by atomic mass is 32.1. The largest absolute Gasteiger partial charge is 0.292 e. The van der Waals surface area contributed by atoms with Crippen molar-refractivity contribution in [3.8, 4) is 10.7 Å². The number of Topliss-reactive ketones (excluding diaryl/α,β-unsaturated/α-hetero) is 1. The molecule has 0 fully saturated rings. The molecule has 0 aliphatic rings. The Morgan fingerprint density at radius 2 is 2.14 bits per heavy atom. The first kappa shape index (κ1) is 13.6. The van der Waals surface area contributed by atoms with E-state index < -0.39 is 0 Å². The van der Waals surface area contributed by atoms with Crippen LogP contribution in [-0.4, -0.2) is 26.0 Å². The highest BCUT2D eigenvalue weighted by Crippen LogP contribution is 2.19. The lowest BCUT2D eigenvalue weighted by atomic mass is 10.0. The molecule has 6 heteroatoms. The van der Waals surface area contributed by atoms with Crippen LogP contribution in [-0.2, 0) is 6.54 Å². The van der Waals surface area contributed by atoms with Crippen LogP contribution >= 0.6 is 11.3 Å². The van der Waals surface area contributed by atoms with Crippen LogP contribution in [0.1, 0.15) is 21.5 Å². The minimum absolute atomic E-state index is 0.0115. The van der Waals surface area contributed by atoms with Crippen molar-refractivity contribution in [3.05, 3.63) is 52.4 Å². The molecular weight excluding hydrogens is 284 g/mol. The van der Waals surface area contributed by atoms with Crippen molar-refractivity contribution < 1.29 is 4.79 Å². The number of thiophene rings is 1. The standard InChI is InChI=1S/C15H14N4OS/c1-10-5-6-12(11(2)8-10)13(20)9-19-17-15(16-18-19)14-4-3-7-21-14/h3-8H,9H2,1-2H3. The maximum Gasteiger partial charge on any atom is 0.214 e. The Hall–Kier alpha value is -2.34. The van der Waals surface area contributed by atoms with E-state index in [-0.39, 0.29) is 12.3 Å². The van der Waals surface area contributed by atoms with Crippen LogP contribution in [0.25, 0.3) is 10.7 Å². The molecular formula is C15H14N4OS. The second-order valence-electron chi connectivity index (χ2n) is 4.86. The molecule has 0 unspecified atom stereocenters. The van der Waals surface area contributed by atoms with Gasteiger partial charge in [0.2, 0.25) is 5.82 Å². The number of aromatic nitrogens is 4. The second kappa shape index (κ2) is 5.57. The lowest BCUT2D eigenvalue weighted by Crippen LogP contribution is -2.14. The Morgan fingerprint density at radius 3 is 2.86 bits per heavy atom. The molecule has 5 nitrogen and oxygen atoms in total. The fourth-order valence-electron chi connectivity index (χ4n) is 2.15. The fourth-order valence-corrected chi connectivity index (χ4v) is 2.80. The van der Waals surface area contributed by atoms with Gasteiger partial charge in [0.05, 0.1) is 4.88 Å². The molecule has 21 heavy (non-hydrogen) atoms. The first-order chi connectivity index (χ1) is 10.1. The molecule has 0 spiro atoms. The number of hydrogen-bond acceptors (Lipinski definition) is 5. The maximum atomic E-state index is 12.3. The van der Waals surface area contributed by atoms with Crippen molar-refractivity contribution >= 4 is 17.1 Å². The molecule has 0 bridgehead atoms. The number of aryl methyl sites for hydroxylation is 2. The van der Waals surface area contributed by atoms with Crippen LogP contribution in [0.5, 0.6) is 0 Å². The summed E-state index contributed by atoms with van der Waals surface area (Å²) in [7, 11) is 0. The van der Waals surface area contributed by atoms with E-state index in [0.29, 0.717) is 11.4 Å². The van der Waals surface area contributed by atoms with Crippen molar-refractivity contribution in [1.82, 2.24) is 20.2 Å². The molecule has 0 amide bonds. The van der Waals surface area contributed by atoms with Crippen LogP contribution in [0.4, 0.5) is 0 Å². The number of carbonyl (C=O) groups is 1. The molecule has 0 saturated heterocycles. The predicted molar refractivity (Wildman–Crippen MR) is 81.4 cm³/mol. The van der Waals surface area contributed by atoms with E-state index in [1.165, 1.54) is 4.80 Å². The summed E-state index contributed by atoms with van der Waals surface area (Å²) in [6, 6.07) is 9.65. The Labute approximate surface area is 126 Å². The molecule has 3 aromatic rings. The maximum absolute atomic E-state index is 12.3. The summed E-state index contributed by atoms with van der Waals surface area (Å²) in [5.41, 5.74) is 2.82. The number of hydrogen-bond donors (Lipinski definition) is 0. The third-order valence-corrected chi connectivity index (χ3v) is 4.03. The summed E-state index contributed by atoms with van der Waals surface area (Å²) < 4.78 is 0. The van der Waals surface area contributed by atoms with Gasteiger partial charge in [0.15, 0.2) is 5.78 Å². The van der Waals surface area contributed by atoms with E-state index in [1.807, 2.05) is 49.6 Å². The lowest BCUT2D eigenvalue weighted by Gasteiger charge is -2.05. The van der Waals surface area contributed by atoms with Gasteiger partial charge in [-0.05, 0) is 36.1 Å². The topological polar surface area (TPSA) is 60.7 Å². The summed E-state index contributed by atoms with van der Waals surface area (Å²) in [6.45, 7) is 4.04. The number of benzene rings is 1. The molecule has 1 aromatic carbocycles. The van der Waals surface area contributed by atoms with Crippen LogP contribution in [0.3, 0.4) is 0 Å². The van der Waals surface area contributed by atoms with E-state index >= 15 is 0 Å². The summed E-state index contributed by atoms with van der Waals surface area (Å²) >= 11 is 1.55. The zero-order valence-corrected chi connectivity index (χ0v) is 12.6. The predicted octanol–water partition coefficient (Wildman–Crippen LogP) is 2.90. The first-order valence-electron chi connectivity index (χ1n) is 6.55. The van der Waals surface area contributed by atoms with E-state index in [4.69, 9.17) is 0 Å². The molecule has 0 saturated carbocycles. The first-order valence-corrected chi connectivity index (χ1v) is 7.43. The number of rotatable bonds is 4. The number of carbonyl (C=O) groups excluding carboxylic acids is 1. The van der Waals surface area contributed by atoms with E-state index in [2.05, 4.69) is 15.4 Å². The SMILES string of the molecule is Cc1ccc(C(=O)Cn2nnc(-c3cccs3)n2)c(C)c1. The average molecular weight is 298 g/mol. The van der Waals surface area contributed by atoms with Gasteiger partial charge in [0.1, 0.15) is 6.54 Å². The monoisotopic (exact) mass is 298 g/mol. The molecule has 2 aromatic heterocycles. The van der Waals surface area contributed by atoms with Crippen LogP contribution in [0, 0.1) is 13.8 Å². The van der Waals surface area contributed by atoms with Gasteiger partial charge in [0, 0.05) is 5.56 Å². The molecule has 0 atom stereocenters. The molecule has 0 radical (unpaired) electrons. The van der Waals surface area contributed by atoms with Gasteiger partial charge < -0.3 is 0 Å². The van der Waals surface area contributed by atoms with Crippen molar-refractivity contribution in [2.75, 3.05) is 0 Å². The zero-order valence-electron chi connectivity index (χ0n) is 11.8. The van der Waals surface area contributed by atoms with Gasteiger partial charge in [-0.15, -0.1) is 21.5 Å². The van der Waals surface area contributed by atoms with E-state index in [0.717, 1.165) is 16.0 Å². The summed E-state index contributed by atoms with van der Waals surface area (Å²) in [5.74, 6) is 0.543. The smallest absolute Gasteiger partial charge is 0.214 e. The van der Waals surface area contributed by atoms with Crippen molar-refractivity contribution in [1.29, 1.82) is 0 Å². The number of ketones is 1. The molecule has 3 rings (SSSR count). The molecule has 2 heterocycles. The van der Waals surface area contributed by atoms with Crippen LogP contribution in [0.15, 0.2) is 35.7 Å². The Bertz CT molecular complexity index is 777. The van der Waals surface area contributed by atoms with Gasteiger partial charge in [-0.1, -0.05) is 29.8 Å². The summed E-state index contributed by atoms with van der Waals surface area (Å²) in [5, 5.41) is 14.1. The third kappa shape index (κ3) is 2.90. The van der Waals surface area contributed by atoms with Gasteiger partial charge in [-0.25, -0.2) is 0 Å². The second-order valence-corrected chi connectivity index (χ2v) is 5.81. The molecule has 0 N–H and O–H groups in total. The minimum Gasteiger partial charge on any atom is -0.292 e. The molecule has 0 aliphatic carbocycles. The van der Waals surface area contributed by atoms with Crippen LogP contribution < -0.4 is 0 Å². The van der Waals surface area contributed by atoms with E-state index in [9.17, 15) is 4.79 Å². The summed E-state index contributed by atoms with van der Waals surface area (Å²) in [4.78, 5) is 14.6. The van der Waals surface area contributed by atoms with E-state index in [1.54, 1.807) is 11.3 Å². The number of tetrazole rings is 1. The van der Waals surface area contributed by atoms with Crippen molar-refractivity contribution in [2.24, 2.45) is 0 Å². The van der Waals surface area contributed by atoms with Gasteiger partial charge in [-0.2, -0.15) is 4.80 Å². The quantitative estimate of drug-likeness (QED) is 0.695. The average Bonchev–Trinajstić information content (AvgIpc) is 3.08. The summed E-state index contributed by atoms with van der Waals surface area (Å²) in [6.07, 6.45) is 0. The fraction of sp³-hybridized carbons (Fsp3) is 0.200. The Morgan fingerprint density at radius 1 is 1.29 bits per heavy atom. The molecule has 106 valence electrons. The highest BCUT2D eigenvalue weighted by Gasteiger charge is 2.13. The normalized spacial score (nSPS) is 10.8. The third-order valence-electron chi connectivity index (χ3n) is 3.16. The number of nitrogens with zero attached hydrogens (tertiary/aromatic N) is 4. The molecule has 0 aliphatic heterocycles. The van der Waals surface area contributed by atoms with Crippen LogP contribution in [0.2, 0.25) is 0 Å². The zero-order chi connectivity index (χ0) is 14.8. The van der Waals surface area contributed by atoms with Crippen molar-refractivity contribution in [2.45, 2.75) is 20.4 Å². The van der Waals surface area contributed by atoms with Crippen molar-refractivity contribution in [3.63, 3.8) is 0 Å². The minimum atomic E-state index is -0.0115. The lowest BCUT2D eigenvalue weighted by molar-refractivity contribution is 0.0961. The Balaban J connectivity index is 1.79. The van der Waals surface area contributed by atoms with Gasteiger partial charge in [-0.3, -0.25) is 4.79 Å². The van der Waals surface area contributed by atoms with Gasteiger partial charge >= 0.3 is 0 Å². The highest BCUT2D eigenvalue weighted by molar-refractivity contribution is 7.13. The Kier molecular flexibility index (Phi) is 3.62.